The van der Waals surface area contributed by atoms with Gasteiger partial charge in [0, 0.05) is 27.1 Å². The second-order valence-corrected chi connectivity index (χ2v) is 14.5. The Morgan fingerprint density at radius 2 is 1.29 bits per heavy atom. The summed E-state index contributed by atoms with van der Waals surface area (Å²) in [6, 6.07) is 50.9. The fraction of sp³-hybridized carbons (Fsp3) is 0.0435. The number of nitrogens with one attached hydrogen (secondary N) is 3. The van der Waals surface area contributed by atoms with Gasteiger partial charge in [0.2, 0.25) is 5.91 Å². The van der Waals surface area contributed by atoms with E-state index in [0.717, 1.165) is 44.2 Å². The number of carbonyl (C=O) groups is 3. The van der Waals surface area contributed by atoms with Gasteiger partial charge in [-0.15, -0.1) is 23.1 Å². The largest absolute Gasteiger partial charge is 0.497 e. The number of methoxy groups -OCH3 is 1. The van der Waals surface area contributed by atoms with Crippen LogP contribution in [0.2, 0.25) is 0 Å². The van der Waals surface area contributed by atoms with Crippen molar-refractivity contribution >= 4 is 57.7 Å². The van der Waals surface area contributed by atoms with Crippen LogP contribution in [0.3, 0.4) is 0 Å². The van der Waals surface area contributed by atoms with Crippen LogP contribution < -0.4 is 20.7 Å². The lowest BCUT2D eigenvalue weighted by Gasteiger charge is -2.17. The number of anilines is 2. The molecule has 56 heavy (non-hydrogen) atoms. The predicted molar refractivity (Wildman–Crippen MR) is 227 cm³/mol. The number of benzene rings is 6. The molecule has 3 N–H and O–H groups in total. The second kappa shape index (κ2) is 18.1. The van der Waals surface area contributed by atoms with Crippen LogP contribution in [0.4, 0.5) is 10.8 Å². The standard InChI is InChI=1S/C46H36N4O4S2/c1-54-38-25-21-34(22-26-38)41-30-55-46(49-41)50-45(53)42(35-13-7-3-8-14-35)56-39-27-23-37(24-28-39)47-44(52)40(48-43(51)36-15-9-4-10-16-36)29-31-17-19-33(20-18-31)32-11-5-2-6-12-32/h2-30,42H,1H3,(H,47,52)(H,48,51)(H,49,50,53)/b40-29-. The summed E-state index contributed by atoms with van der Waals surface area (Å²) in [6.07, 6.45) is 1.65. The van der Waals surface area contributed by atoms with Crippen molar-refractivity contribution in [3.63, 3.8) is 0 Å². The molecule has 0 saturated carbocycles. The quantitative estimate of drug-likeness (QED) is 0.0795. The van der Waals surface area contributed by atoms with Gasteiger partial charge in [0.25, 0.3) is 11.8 Å². The molecule has 1 atom stereocenters. The van der Waals surface area contributed by atoms with Gasteiger partial charge < -0.3 is 20.7 Å². The molecule has 0 bridgehead atoms. The fourth-order valence-corrected chi connectivity index (χ4v) is 7.51. The van der Waals surface area contributed by atoms with E-state index in [0.29, 0.717) is 16.4 Å². The zero-order valence-corrected chi connectivity index (χ0v) is 31.9. The van der Waals surface area contributed by atoms with E-state index in [1.54, 1.807) is 49.6 Å². The summed E-state index contributed by atoms with van der Waals surface area (Å²) in [4.78, 5) is 46.2. The molecule has 6 aromatic carbocycles. The van der Waals surface area contributed by atoms with E-state index < -0.39 is 17.1 Å². The topological polar surface area (TPSA) is 109 Å². The highest BCUT2D eigenvalue weighted by molar-refractivity contribution is 8.00. The van der Waals surface area contributed by atoms with Gasteiger partial charge in [0.1, 0.15) is 16.7 Å². The Labute approximate surface area is 333 Å². The van der Waals surface area contributed by atoms with Crippen LogP contribution in [-0.4, -0.2) is 29.8 Å². The van der Waals surface area contributed by atoms with Crippen molar-refractivity contribution in [1.82, 2.24) is 10.3 Å². The molecule has 7 rings (SSSR count). The Morgan fingerprint density at radius 3 is 1.95 bits per heavy atom. The van der Waals surface area contributed by atoms with Gasteiger partial charge in [-0.05, 0) is 89.0 Å². The SMILES string of the molecule is COc1ccc(-c2csc(NC(=O)C(Sc3ccc(NC(=O)/C(=C/c4ccc(-c5ccccc5)cc4)NC(=O)c4ccccc4)cc3)c3ccccc3)n2)cc1. The number of nitrogens with zero attached hydrogens (tertiary/aromatic N) is 1. The van der Waals surface area contributed by atoms with Gasteiger partial charge in [-0.1, -0.05) is 103 Å². The molecule has 0 spiro atoms. The lowest BCUT2D eigenvalue weighted by molar-refractivity contribution is -0.116. The summed E-state index contributed by atoms with van der Waals surface area (Å²) < 4.78 is 5.26. The minimum atomic E-state index is -0.582. The number of thioether (sulfide) groups is 1. The average Bonchev–Trinajstić information content (AvgIpc) is 3.72. The second-order valence-electron chi connectivity index (χ2n) is 12.5. The highest BCUT2D eigenvalue weighted by Gasteiger charge is 2.24. The van der Waals surface area contributed by atoms with Crippen LogP contribution in [0.25, 0.3) is 28.5 Å². The number of hydrogen-bond acceptors (Lipinski definition) is 7. The van der Waals surface area contributed by atoms with E-state index in [-0.39, 0.29) is 11.6 Å². The monoisotopic (exact) mass is 772 g/mol. The minimum Gasteiger partial charge on any atom is -0.497 e. The lowest BCUT2D eigenvalue weighted by Crippen LogP contribution is -2.30. The van der Waals surface area contributed by atoms with Gasteiger partial charge in [-0.3, -0.25) is 14.4 Å². The van der Waals surface area contributed by atoms with Crippen LogP contribution in [-0.2, 0) is 9.59 Å². The molecule has 10 heteroatoms. The molecule has 0 radical (unpaired) electrons. The number of carbonyl (C=O) groups excluding carboxylic acids is 3. The molecule has 0 aliphatic rings. The average molecular weight is 773 g/mol. The Bertz CT molecular complexity index is 2440. The number of ether oxygens (including phenoxy) is 1. The smallest absolute Gasteiger partial charge is 0.272 e. The van der Waals surface area contributed by atoms with Crippen molar-refractivity contribution in [3.8, 4) is 28.1 Å². The van der Waals surface area contributed by atoms with Crippen molar-refractivity contribution in [2.24, 2.45) is 0 Å². The highest BCUT2D eigenvalue weighted by Crippen LogP contribution is 2.37. The van der Waals surface area contributed by atoms with Crippen molar-refractivity contribution in [2.45, 2.75) is 10.1 Å². The highest BCUT2D eigenvalue weighted by atomic mass is 32.2. The molecule has 3 amide bonds. The third kappa shape index (κ3) is 9.67. The van der Waals surface area contributed by atoms with Gasteiger partial charge in [0.05, 0.1) is 12.8 Å². The Balaban J connectivity index is 1.06. The number of rotatable bonds is 13. The molecule has 0 aliphatic heterocycles. The lowest BCUT2D eigenvalue weighted by atomic mass is 10.0. The zero-order chi connectivity index (χ0) is 38.7. The molecule has 8 nitrogen and oxygen atoms in total. The van der Waals surface area contributed by atoms with Crippen LogP contribution in [0.15, 0.2) is 180 Å². The molecule has 1 aromatic heterocycles. The molecule has 0 fully saturated rings. The van der Waals surface area contributed by atoms with Gasteiger partial charge in [-0.2, -0.15) is 0 Å². The number of aromatic nitrogens is 1. The normalized spacial score (nSPS) is 11.6. The summed E-state index contributed by atoms with van der Waals surface area (Å²) in [5.41, 5.74) is 6.40. The third-order valence-electron chi connectivity index (χ3n) is 8.68. The first-order valence-electron chi connectivity index (χ1n) is 17.7. The first-order valence-corrected chi connectivity index (χ1v) is 19.5. The molecule has 1 heterocycles. The molecular weight excluding hydrogens is 737 g/mol. The van der Waals surface area contributed by atoms with Crippen LogP contribution >= 0.6 is 23.1 Å². The van der Waals surface area contributed by atoms with E-state index in [1.807, 2.05) is 133 Å². The summed E-state index contributed by atoms with van der Waals surface area (Å²) >= 11 is 2.75. The van der Waals surface area contributed by atoms with Gasteiger partial charge in [0.15, 0.2) is 5.13 Å². The number of thiazole rings is 1. The Morgan fingerprint density at radius 1 is 0.679 bits per heavy atom. The van der Waals surface area contributed by atoms with E-state index in [2.05, 4.69) is 20.9 Å². The maximum absolute atomic E-state index is 13.8. The van der Waals surface area contributed by atoms with Crippen molar-refractivity contribution < 1.29 is 19.1 Å². The van der Waals surface area contributed by atoms with E-state index >= 15 is 0 Å². The minimum absolute atomic E-state index is 0.0860. The first-order chi connectivity index (χ1) is 27.4. The van der Waals surface area contributed by atoms with E-state index in [4.69, 9.17) is 4.74 Å². The van der Waals surface area contributed by atoms with E-state index in [9.17, 15) is 14.4 Å². The van der Waals surface area contributed by atoms with Crippen LogP contribution in [0, 0.1) is 0 Å². The Hall–Kier alpha value is -6.75. The molecule has 7 aromatic rings. The molecule has 1 unspecified atom stereocenters. The zero-order valence-electron chi connectivity index (χ0n) is 30.2. The van der Waals surface area contributed by atoms with Crippen LogP contribution in [0.1, 0.15) is 26.7 Å². The summed E-state index contributed by atoms with van der Waals surface area (Å²) in [7, 11) is 1.62. The Kier molecular flexibility index (Phi) is 12.1. The van der Waals surface area contributed by atoms with Gasteiger partial charge >= 0.3 is 0 Å². The summed E-state index contributed by atoms with van der Waals surface area (Å²) in [5, 5.41) is 10.6. The van der Waals surface area contributed by atoms with E-state index in [1.165, 1.54) is 23.1 Å². The maximum Gasteiger partial charge on any atom is 0.272 e. The van der Waals surface area contributed by atoms with Crippen LogP contribution in [0.5, 0.6) is 5.75 Å². The summed E-state index contributed by atoms with van der Waals surface area (Å²) in [5.74, 6) is -0.346. The van der Waals surface area contributed by atoms with Crippen molar-refractivity contribution in [1.29, 1.82) is 0 Å². The number of amides is 3. The van der Waals surface area contributed by atoms with Crippen molar-refractivity contribution in [3.05, 3.63) is 192 Å². The number of hydrogen-bond donors (Lipinski definition) is 3. The third-order valence-corrected chi connectivity index (χ3v) is 10.7. The first kappa shape index (κ1) is 37.6. The molecule has 276 valence electrons. The predicted octanol–water partition coefficient (Wildman–Crippen LogP) is 10.4. The summed E-state index contributed by atoms with van der Waals surface area (Å²) in [6.45, 7) is 0. The van der Waals surface area contributed by atoms with Crippen molar-refractivity contribution in [2.75, 3.05) is 17.7 Å². The molecule has 0 saturated heterocycles. The molecule has 0 aliphatic carbocycles. The van der Waals surface area contributed by atoms with Gasteiger partial charge in [-0.25, -0.2) is 4.98 Å². The maximum atomic E-state index is 13.8. The molecular formula is C46H36N4O4S2. The fourth-order valence-electron chi connectivity index (χ4n) is 5.76.